The van der Waals surface area contributed by atoms with E-state index in [0.29, 0.717) is 19.8 Å². The number of carbonyl (C=O) groups is 2. The van der Waals surface area contributed by atoms with Gasteiger partial charge in [-0.2, -0.15) is 0 Å². The molecule has 0 unspecified atom stereocenters. The van der Waals surface area contributed by atoms with Gasteiger partial charge < -0.3 is 11.1 Å². The van der Waals surface area contributed by atoms with Gasteiger partial charge in [0, 0.05) is 27.6 Å². The van der Waals surface area contributed by atoms with E-state index >= 15 is 0 Å². The second-order valence-electron chi connectivity index (χ2n) is 6.68. The number of nitro groups is 1. The van der Waals surface area contributed by atoms with Gasteiger partial charge in [0.1, 0.15) is 5.00 Å². The Bertz CT molecular complexity index is 1180. The molecule has 2 amide bonds. The SMILES string of the molecule is Cc1csc(Sc2ccc(C(=O)Nc3sc4c(c3C(N)=O)CCC4)cc2[N+](=O)[O-])n1. The van der Waals surface area contributed by atoms with Crippen molar-refractivity contribution >= 4 is 56.9 Å². The van der Waals surface area contributed by atoms with Gasteiger partial charge in [-0.1, -0.05) is 11.8 Å². The normalized spacial score (nSPS) is 12.6. The van der Waals surface area contributed by atoms with Crippen LogP contribution in [-0.2, 0) is 12.8 Å². The summed E-state index contributed by atoms with van der Waals surface area (Å²) in [5.41, 5.74) is 7.57. The quantitative estimate of drug-likeness (QED) is 0.414. The highest BCUT2D eigenvalue weighted by Gasteiger charge is 2.27. The molecule has 2 heterocycles. The number of nitro benzene ring substituents is 1. The molecule has 154 valence electrons. The van der Waals surface area contributed by atoms with Gasteiger partial charge in [0.25, 0.3) is 17.5 Å². The van der Waals surface area contributed by atoms with E-state index < -0.39 is 16.7 Å². The van der Waals surface area contributed by atoms with Crippen LogP contribution in [-0.4, -0.2) is 21.7 Å². The zero-order chi connectivity index (χ0) is 21.4. The lowest BCUT2D eigenvalue weighted by Gasteiger charge is -2.07. The zero-order valence-electron chi connectivity index (χ0n) is 15.8. The van der Waals surface area contributed by atoms with Gasteiger partial charge in [-0.3, -0.25) is 19.7 Å². The van der Waals surface area contributed by atoms with Gasteiger partial charge in [-0.15, -0.1) is 22.7 Å². The van der Waals surface area contributed by atoms with Crippen LogP contribution in [0.2, 0.25) is 0 Å². The predicted octanol–water partition coefficient (Wildman–Crippen LogP) is 4.41. The van der Waals surface area contributed by atoms with Crippen molar-refractivity contribution in [1.29, 1.82) is 0 Å². The molecule has 1 aliphatic carbocycles. The third kappa shape index (κ3) is 3.95. The summed E-state index contributed by atoms with van der Waals surface area (Å²) in [6.07, 6.45) is 2.57. The van der Waals surface area contributed by atoms with Gasteiger partial charge in [0.15, 0.2) is 4.34 Å². The minimum absolute atomic E-state index is 0.130. The summed E-state index contributed by atoms with van der Waals surface area (Å²) < 4.78 is 0.687. The number of thiazole rings is 1. The average Bonchev–Trinajstić information content (AvgIpc) is 3.37. The maximum absolute atomic E-state index is 12.8. The van der Waals surface area contributed by atoms with Gasteiger partial charge in [0.05, 0.1) is 15.4 Å². The number of hydrogen-bond donors (Lipinski definition) is 2. The number of aromatic nitrogens is 1. The third-order valence-electron chi connectivity index (χ3n) is 4.61. The molecule has 0 atom stereocenters. The number of amides is 2. The van der Waals surface area contributed by atoms with Crippen molar-refractivity contribution in [3.8, 4) is 0 Å². The summed E-state index contributed by atoms with van der Waals surface area (Å²) in [7, 11) is 0. The first-order chi connectivity index (χ1) is 14.3. The molecule has 11 heteroatoms. The van der Waals surface area contributed by atoms with Crippen LogP contribution in [0, 0.1) is 17.0 Å². The molecule has 3 aromatic rings. The molecule has 4 rings (SSSR count). The fourth-order valence-corrected chi connectivity index (χ4v) is 6.46. The maximum atomic E-state index is 12.8. The number of benzene rings is 1. The Labute approximate surface area is 183 Å². The molecule has 0 radical (unpaired) electrons. The maximum Gasteiger partial charge on any atom is 0.284 e. The number of thiophene rings is 1. The Morgan fingerprint density at radius 3 is 2.80 bits per heavy atom. The number of anilines is 1. The summed E-state index contributed by atoms with van der Waals surface area (Å²) in [6.45, 7) is 1.85. The molecule has 8 nitrogen and oxygen atoms in total. The summed E-state index contributed by atoms with van der Waals surface area (Å²) in [4.78, 5) is 41.5. The topological polar surface area (TPSA) is 128 Å². The van der Waals surface area contributed by atoms with E-state index in [9.17, 15) is 19.7 Å². The smallest absolute Gasteiger partial charge is 0.284 e. The van der Waals surface area contributed by atoms with Gasteiger partial charge in [0.2, 0.25) is 0 Å². The van der Waals surface area contributed by atoms with Crippen LogP contribution in [0.1, 0.15) is 43.3 Å². The van der Waals surface area contributed by atoms with Crippen LogP contribution in [0.15, 0.2) is 32.8 Å². The van der Waals surface area contributed by atoms with Crippen LogP contribution in [0.3, 0.4) is 0 Å². The van der Waals surface area contributed by atoms with Gasteiger partial charge >= 0.3 is 0 Å². The van der Waals surface area contributed by atoms with Gasteiger partial charge in [-0.25, -0.2) is 4.98 Å². The van der Waals surface area contributed by atoms with Crippen molar-refractivity contribution in [1.82, 2.24) is 4.98 Å². The lowest BCUT2D eigenvalue weighted by atomic mass is 10.1. The molecule has 30 heavy (non-hydrogen) atoms. The Morgan fingerprint density at radius 2 is 2.13 bits per heavy atom. The van der Waals surface area contributed by atoms with Crippen molar-refractivity contribution in [2.75, 3.05) is 5.32 Å². The molecular weight excluding hydrogens is 444 g/mol. The molecule has 0 saturated heterocycles. The number of fused-ring (bicyclic) bond motifs is 1. The van der Waals surface area contributed by atoms with E-state index in [1.807, 2.05) is 12.3 Å². The predicted molar refractivity (Wildman–Crippen MR) is 117 cm³/mol. The second kappa shape index (κ2) is 8.17. The molecule has 0 bridgehead atoms. The van der Waals surface area contributed by atoms with Crippen molar-refractivity contribution in [2.45, 2.75) is 35.4 Å². The summed E-state index contributed by atoms with van der Waals surface area (Å²) in [5, 5.41) is 16.6. The number of hydrogen-bond acceptors (Lipinski definition) is 8. The molecule has 1 aromatic carbocycles. The minimum Gasteiger partial charge on any atom is -0.365 e. The van der Waals surface area contributed by atoms with E-state index in [0.717, 1.165) is 35.4 Å². The molecule has 3 N–H and O–H groups in total. The van der Waals surface area contributed by atoms with Crippen molar-refractivity contribution < 1.29 is 14.5 Å². The average molecular weight is 461 g/mol. The van der Waals surface area contributed by atoms with Crippen molar-refractivity contribution in [3.63, 3.8) is 0 Å². The second-order valence-corrected chi connectivity index (χ2v) is 9.93. The Hall–Kier alpha value is -2.76. The molecule has 0 saturated carbocycles. The number of nitrogens with one attached hydrogen (secondary N) is 1. The Morgan fingerprint density at radius 1 is 1.33 bits per heavy atom. The lowest BCUT2D eigenvalue weighted by molar-refractivity contribution is -0.387. The number of nitrogens with two attached hydrogens (primary N) is 1. The van der Waals surface area contributed by atoms with Crippen LogP contribution in [0.4, 0.5) is 10.7 Å². The monoisotopic (exact) mass is 460 g/mol. The van der Waals surface area contributed by atoms with E-state index in [1.165, 1.54) is 52.6 Å². The van der Waals surface area contributed by atoms with Crippen molar-refractivity contribution in [2.24, 2.45) is 5.73 Å². The van der Waals surface area contributed by atoms with Gasteiger partial charge in [-0.05, 0) is 43.9 Å². The molecule has 1 aliphatic rings. The van der Waals surface area contributed by atoms with E-state index in [1.54, 1.807) is 0 Å². The zero-order valence-corrected chi connectivity index (χ0v) is 18.2. The number of rotatable bonds is 6. The molecule has 0 fully saturated rings. The molecular formula is C19H16N4O4S3. The first kappa shape index (κ1) is 20.5. The van der Waals surface area contributed by atoms with E-state index in [-0.39, 0.29) is 11.3 Å². The summed E-state index contributed by atoms with van der Waals surface area (Å²) in [5.74, 6) is -1.11. The summed E-state index contributed by atoms with van der Waals surface area (Å²) >= 11 is 3.93. The minimum atomic E-state index is -0.582. The van der Waals surface area contributed by atoms with E-state index in [2.05, 4.69) is 10.3 Å². The highest BCUT2D eigenvalue weighted by Crippen LogP contribution is 2.40. The van der Waals surface area contributed by atoms with Crippen LogP contribution < -0.4 is 11.1 Å². The lowest BCUT2D eigenvalue weighted by Crippen LogP contribution is -2.18. The van der Waals surface area contributed by atoms with Crippen LogP contribution >= 0.6 is 34.4 Å². The fraction of sp³-hybridized carbons (Fsp3) is 0.211. The first-order valence-electron chi connectivity index (χ1n) is 8.97. The fourth-order valence-electron chi connectivity index (χ4n) is 3.29. The molecule has 0 aliphatic heterocycles. The Balaban J connectivity index is 1.61. The van der Waals surface area contributed by atoms with Crippen molar-refractivity contribution in [3.05, 3.63) is 61.0 Å². The number of primary amides is 1. The standard InChI is InChI=1S/C19H16N4O4S3/c1-9-8-28-19(21-9)30-14-6-5-10(7-12(14)23(26)27)17(25)22-18-15(16(20)24)11-3-2-4-13(11)29-18/h5-8H,2-4H2,1H3,(H2,20,24)(H,22,25). The largest absolute Gasteiger partial charge is 0.365 e. The summed E-state index contributed by atoms with van der Waals surface area (Å²) in [6, 6.07) is 4.30. The number of nitrogens with zero attached hydrogens (tertiary/aromatic N) is 2. The highest BCUT2D eigenvalue weighted by molar-refractivity contribution is 8.01. The highest BCUT2D eigenvalue weighted by atomic mass is 32.2. The number of carbonyl (C=O) groups excluding carboxylic acids is 2. The van der Waals surface area contributed by atoms with Crippen LogP contribution in [0.5, 0.6) is 0 Å². The first-order valence-corrected chi connectivity index (χ1v) is 11.5. The molecule has 0 spiro atoms. The van der Waals surface area contributed by atoms with Crippen LogP contribution in [0.25, 0.3) is 0 Å². The van der Waals surface area contributed by atoms with E-state index in [4.69, 9.17) is 5.73 Å². The number of aryl methyl sites for hydroxylation is 2. The Kier molecular flexibility index (Phi) is 5.58. The third-order valence-corrected chi connectivity index (χ3v) is 7.94. The molecule has 2 aromatic heterocycles.